The molecule has 0 aliphatic heterocycles. The monoisotopic (exact) mass is 326 g/mol. The summed E-state index contributed by atoms with van der Waals surface area (Å²) in [5.41, 5.74) is 1.20. The molecule has 0 aliphatic carbocycles. The van der Waals surface area contributed by atoms with Gasteiger partial charge in [-0.15, -0.1) is 0 Å². The summed E-state index contributed by atoms with van der Waals surface area (Å²) in [5, 5.41) is 0. The molecule has 0 spiro atoms. The van der Waals surface area contributed by atoms with Gasteiger partial charge in [-0.3, -0.25) is 0 Å². The summed E-state index contributed by atoms with van der Waals surface area (Å²) in [7, 11) is 0. The summed E-state index contributed by atoms with van der Waals surface area (Å²) >= 11 is 2.33. The number of rotatable bonds is 4. The average molecular weight is 326 g/mol. The third kappa shape index (κ3) is 2.64. The van der Waals surface area contributed by atoms with Crippen LogP contribution in [0.15, 0.2) is 36.7 Å². The summed E-state index contributed by atoms with van der Waals surface area (Å²) < 4.78 is 3.48. The number of imidazole rings is 1. The minimum atomic E-state index is 1.05. The normalized spacial score (nSPS) is 10.6. The van der Waals surface area contributed by atoms with E-state index in [0.717, 1.165) is 12.4 Å². The first-order valence-corrected chi connectivity index (χ1v) is 6.66. The largest absolute Gasteiger partial charge is 0.331 e. The standard InChI is InChI=1S/C13H15IN2/c1-2-3-8-16-9-7-15-13(16)11-5-4-6-12(14)10-11/h4-7,9-10H,2-3,8H2,1H3. The Bertz CT molecular complexity index is 462. The molecule has 0 N–H and O–H groups in total. The van der Waals surface area contributed by atoms with Crippen LogP contribution in [-0.4, -0.2) is 9.55 Å². The molecule has 2 aromatic rings. The van der Waals surface area contributed by atoms with E-state index >= 15 is 0 Å². The first-order valence-electron chi connectivity index (χ1n) is 5.58. The second-order valence-electron chi connectivity index (χ2n) is 3.81. The van der Waals surface area contributed by atoms with Crippen molar-refractivity contribution in [1.29, 1.82) is 0 Å². The van der Waals surface area contributed by atoms with E-state index in [1.54, 1.807) is 0 Å². The van der Waals surface area contributed by atoms with E-state index in [9.17, 15) is 0 Å². The zero-order valence-electron chi connectivity index (χ0n) is 9.36. The van der Waals surface area contributed by atoms with Gasteiger partial charge in [0.05, 0.1) is 0 Å². The van der Waals surface area contributed by atoms with Gasteiger partial charge in [-0.25, -0.2) is 4.98 Å². The molecular formula is C13H15IN2. The minimum absolute atomic E-state index is 1.05. The molecular weight excluding hydrogens is 311 g/mol. The summed E-state index contributed by atoms with van der Waals surface area (Å²) in [4.78, 5) is 4.44. The predicted molar refractivity (Wildman–Crippen MR) is 75.3 cm³/mol. The minimum Gasteiger partial charge on any atom is -0.331 e. The fourth-order valence-electron chi connectivity index (χ4n) is 1.71. The number of aromatic nitrogens is 2. The highest BCUT2D eigenvalue weighted by Crippen LogP contribution is 2.20. The van der Waals surface area contributed by atoms with Crippen molar-refractivity contribution in [1.82, 2.24) is 9.55 Å². The molecule has 3 heteroatoms. The van der Waals surface area contributed by atoms with Crippen LogP contribution in [0.3, 0.4) is 0 Å². The maximum Gasteiger partial charge on any atom is 0.139 e. The van der Waals surface area contributed by atoms with Crippen molar-refractivity contribution in [2.75, 3.05) is 0 Å². The van der Waals surface area contributed by atoms with E-state index < -0.39 is 0 Å². The Kier molecular flexibility index (Phi) is 3.98. The predicted octanol–water partition coefficient (Wildman–Crippen LogP) is 3.95. The Balaban J connectivity index is 2.29. The number of benzene rings is 1. The van der Waals surface area contributed by atoms with Gasteiger partial charge in [0.25, 0.3) is 0 Å². The molecule has 1 heterocycles. The number of hydrogen-bond acceptors (Lipinski definition) is 1. The lowest BCUT2D eigenvalue weighted by Gasteiger charge is -2.07. The molecule has 0 fully saturated rings. The van der Waals surface area contributed by atoms with Gasteiger partial charge < -0.3 is 4.57 Å². The van der Waals surface area contributed by atoms with Crippen molar-refractivity contribution in [2.45, 2.75) is 26.3 Å². The zero-order chi connectivity index (χ0) is 11.4. The van der Waals surface area contributed by atoms with E-state index in [0.29, 0.717) is 0 Å². The summed E-state index contributed by atoms with van der Waals surface area (Å²) in [6, 6.07) is 8.47. The number of unbranched alkanes of at least 4 members (excludes halogenated alkanes) is 1. The molecule has 0 saturated carbocycles. The van der Waals surface area contributed by atoms with Crippen LogP contribution >= 0.6 is 22.6 Å². The van der Waals surface area contributed by atoms with E-state index in [-0.39, 0.29) is 0 Å². The smallest absolute Gasteiger partial charge is 0.139 e. The number of nitrogens with zero attached hydrogens (tertiary/aromatic N) is 2. The van der Waals surface area contributed by atoms with Crippen LogP contribution in [0.2, 0.25) is 0 Å². The molecule has 0 amide bonds. The molecule has 84 valence electrons. The topological polar surface area (TPSA) is 17.8 Å². The second kappa shape index (κ2) is 5.48. The Morgan fingerprint density at radius 3 is 3.00 bits per heavy atom. The maximum atomic E-state index is 4.44. The highest BCUT2D eigenvalue weighted by atomic mass is 127. The van der Waals surface area contributed by atoms with Crippen LogP contribution in [0.25, 0.3) is 11.4 Å². The van der Waals surface area contributed by atoms with Crippen molar-refractivity contribution < 1.29 is 0 Å². The molecule has 0 saturated heterocycles. The van der Waals surface area contributed by atoms with Crippen molar-refractivity contribution in [3.8, 4) is 11.4 Å². The van der Waals surface area contributed by atoms with Crippen LogP contribution in [0, 0.1) is 3.57 Å². The van der Waals surface area contributed by atoms with Crippen molar-refractivity contribution in [3.63, 3.8) is 0 Å². The van der Waals surface area contributed by atoms with Gasteiger partial charge in [0.1, 0.15) is 5.82 Å². The Morgan fingerprint density at radius 2 is 2.25 bits per heavy atom. The van der Waals surface area contributed by atoms with Crippen LogP contribution < -0.4 is 0 Å². The molecule has 0 bridgehead atoms. The van der Waals surface area contributed by atoms with Gasteiger partial charge in [0.2, 0.25) is 0 Å². The maximum absolute atomic E-state index is 4.44. The first-order chi connectivity index (χ1) is 7.81. The first kappa shape index (κ1) is 11.6. The lowest BCUT2D eigenvalue weighted by Crippen LogP contribution is -1.99. The Hall–Kier alpha value is -0.840. The number of aryl methyl sites for hydroxylation is 1. The molecule has 0 atom stereocenters. The second-order valence-corrected chi connectivity index (χ2v) is 5.05. The van der Waals surface area contributed by atoms with E-state index in [1.165, 1.54) is 22.0 Å². The van der Waals surface area contributed by atoms with Crippen molar-refractivity contribution >= 4 is 22.6 Å². The molecule has 2 nitrogen and oxygen atoms in total. The Morgan fingerprint density at radius 1 is 1.38 bits per heavy atom. The van der Waals surface area contributed by atoms with Crippen LogP contribution in [-0.2, 0) is 6.54 Å². The fraction of sp³-hybridized carbons (Fsp3) is 0.308. The average Bonchev–Trinajstić information content (AvgIpc) is 2.74. The fourth-order valence-corrected chi connectivity index (χ4v) is 2.25. The number of hydrogen-bond donors (Lipinski definition) is 0. The van der Waals surface area contributed by atoms with Crippen molar-refractivity contribution in [2.24, 2.45) is 0 Å². The van der Waals surface area contributed by atoms with Gasteiger partial charge in [-0.1, -0.05) is 25.5 Å². The lowest BCUT2D eigenvalue weighted by atomic mass is 10.2. The third-order valence-corrected chi connectivity index (χ3v) is 3.22. The lowest BCUT2D eigenvalue weighted by molar-refractivity contribution is 0.637. The summed E-state index contributed by atoms with van der Waals surface area (Å²) in [6.45, 7) is 3.26. The molecule has 2 rings (SSSR count). The molecule has 1 aromatic heterocycles. The molecule has 0 unspecified atom stereocenters. The van der Waals surface area contributed by atoms with Gasteiger partial charge in [-0.2, -0.15) is 0 Å². The SMILES string of the molecule is CCCCn1ccnc1-c1cccc(I)c1. The quantitative estimate of drug-likeness (QED) is 0.778. The molecule has 0 radical (unpaired) electrons. The third-order valence-electron chi connectivity index (χ3n) is 2.55. The highest BCUT2D eigenvalue weighted by molar-refractivity contribution is 14.1. The van der Waals surface area contributed by atoms with Crippen molar-refractivity contribution in [3.05, 3.63) is 40.2 Å². The zero-order valence-corrected chi connectivity index (χ0v) is 11.5. The number of halogens is 1. The molecule has 16 heavy (non-hydrogen) atoms. The van der Waals surface area contributed by atoms with E-state index in [4.69, 9.17) is 0 Å². The van der Waals surface area contributed by atoms with E-state index in [2.05, 4.69) is 69.5 Å². The van der Waals surface area contributed by atoms with Crippen LogP contribution in [0.1, 0.15) is 19.8 Å². The Labute approximate surface area is 110 Å². The highest BCUT2D eigenvalue weighted by Gasteiger charge is 2.05. The molecule has 0 aliphatic rings. The van der Waals surface area contributed by atoms with Gasteiger partial charge >= 0.3 is 0 Å². The van der Waals surface area contributed by atoms with Crippen LogP contribution in [0.5, 0.6) is 0 Å². The van der Waals surface area contributed by atoms with Gasteiger partial charge in [0.15, 0.2) is 0 Å². The summed E-state index contributed by atoms with van der Waals surface area (Å²) in [5.74, 6) is 1.08. The van der Waals surface area contributed by atoms with Gasteiger partial charge in [-0.05, 0) is 41.1 Å². The van der Waals surface area contributed by atoms with E-state index in [1.807, 2.05) is 6.20 Å². The molecule has 1 aromatic carbocycles. The van der Waals surface area contributed by atoms with Crippen LogP contribution in [0.4, 0.5) is 0 Å². The van der Waals surface area contributed by atoms with Gasteiger partial charge in [0, 0.05) is 28.1 Å². The summed E-state index contributed by atoms with van der Waals surface area (Å²) in [6.07, 6.45) is 6.35.